The van der Waals surface area contributed by atoms with Gasteiger partial charge in [-0.15, -0.1) is 0 Å². The van der Waals surface area contributed by atoms with E-state index >= 15 is 0 Å². The molecule has 0 saturated heterocycles. The SMILES string of the molecule is OCCN(CCO)c1nccc(-n2cncn2)n1. The van der Waals surface area contributed by atoms with Crippen molar-refractivity contribution in [3.8, 4) is 5.82 Å². The second-order valence-electron chi connectivity index (χ2n) is 3.49. The average molecular weight is 250 g/mol. The summed E-state index contributed by atoms with van der Waals surface area (Å²) >= 11 is 0. The highest BCUT2D eigenvalue weighted by molar-refractivity contribution is 5.34. The van der Waals surface area contributed by atoms with E-state index in [4.69, 9.17) is 10.2 Å². The molecule has 0 fully saturated rings. The third kappa shape index (κ3) is 2.79. The normalized spacial score (nSPS) is 10.6. The zero-order valence-corrected chi connectivity index (χ0v) is 9.72. The lowest BCUT2D eigenvalue weighted by atomic mass is 10.5. The van der Waals surface area contributed by atoms with Crippen LogP contribution in [0, 0.1) is 0 Å². The molecular formula is C10H14N6O2. The number of aliphatic hydroxyl groups is 2. The van der Waals surface area contributed by atoms with Crippen molar-refractivity contribution in [1.82, 2.24) is 24.7 Å². The van der Waals surface area contributed by atoms with Crippen LogP contribution in [0.25, 0.3) is 5.82 Å². The summed E-state index contributed by atoms with van der Waals surface area (Å²) in [6, 6.07) is 1.70. The molecule has 96 valence electrons. The van der Waals surface area contributed by atoms with E-state index in [1.165, 1.54) is 17.3 Å². The number of hydrogen-bond donors (Lipinski definition) is 2. The maximum atomic E-state index is 8.97. The third-order valence-corrected chi connectivity index (χ3v) is 2.30. The van der Waals surface area contributed by atoms with Crippen molar-refractivity contribution in [3.63, 3.8) is 0 Å². The van der Waals surface area contributed by atoms with Gasteiger partial charge in [-0.05, 0) is 0 Å². The zero-order valence-electron chi connectivity index (χ0n) is 9.72. The van der Waals surface area contributed by atoms with Gasteiger partial charge >= 0.3 is 0 Å². The second kappa shape index (κ2) is 6.03. The van der Waals surface area contributed by atoms with Crippen LogP contribution in [0.1, 0.15) is 0 Å². The molecule has 0 radical (unpaired) electrons. The fourth-order valence-electron chi connectivity index (χ4n) is 1.50. The quantitative estimate of drug-likeness (QED) is 0.667. The predicted octanol–water partition coefficient (Wildman–Crippen LogP) is -1.15. The van der Waals surface area contributed by atoms with Gasteiger partial charge in [0.25, 0.3) is 0 Å². The summed E-state index contributed by atoms with van der Waals surface area (Å²) in [6.07, 6.45) is 4.55. The van der Waals surface area contributed by atoms with Crippen molar-refractivity contribution in [2.75, 3.05) is 31.2 Å². The topological polar surface area (TPSA) is 100 Å². The van der Waals surface area contributed by atoms with E-state index < -0.39 is 0 Å². The average Bonchev–Trinajstić information content (AvgIpc) is 2.93. The van der Waals surface area contributed by atoms with E-state index in [0.29, 0.717) is 24.9 Å². The number of rotatable bonds is 6. The van der Waals surface area contributed by atoms with Crippen LogP contribution < -0.4 is 4.90 Å². The Labute approximate surface area is 104 Å². The molecule has 2 rings (SSSR count). The van der Waals surface area contributed by atoms with Crippen LogP contribution in [0.3, 0.4) is 0 Å². The summed E-state index contributed by atoms with van der Waals surface area (Å²) in [5.74, 6) is 1.02. The minimum atomic E-state index is -0.0308. The number of anilines is 1. The number of aliphatic hydroxyl groups excluding tert-OH is 2. The Hall–Kier alpha value is -2.06. The first-order valence-corrected chi connectivity index (χ1v) is 5.50. The van der Waals surface area contributed by atoms with Crippen LogP contribution >= 0.6 is 0 Å². The molecule has 2 aromatic heterocycles. The Kier molecular flexibility index (Phi) is 4.15. The molecule has 0 amide bonds. The molecule has 0 unspecified atom stereocenters. The molecule has 0 spiro atoms. The Balaban J connectivity index is 2.25. The molecule has 2 N–H and O–H groups in total. The minimum Gasteiger partial charge on any atom is -0.395 e. The smallest absolute Gasteiger partial charge is 0.227 e. The van der Waals surface area contributed by atoms with Gasteiger partial charge in [0.15, 0.2) is 5.82 Å². The molecule has 8 nitrogen and oxygen atoms in total. The maximum absolute atomic E-state index is 8.97. The fraction of sp³-hybridized carbons (Fsp3) is 0.400. The molecule has 0 aromatic carbocycles. The highest BCUT2D eigenvalue weighted by Gasteiger charge is 2.09. The van der Waals surface area contributed by atoms with E-state index in [1.807, 2.05) is 0 Å². The molecule has 0 aliphatic carbocycles. The summed E-state index contributed by atoms with van der Waals surface area (Å²) in [4.78, 5) is 14.0. The second-order valence-corrected chi connectivity index (χ2v) is 3.49. The molecule has 0 aliphatic heterocycles. The van der Waals surface area contributed by atoms with Crippen molar-refractivity contribution in [2.24, 2.45) is 0 Å². The molecule has 8 heteroatoms. The van der Waals surface area contributed by atoms with Crippen LogP contribution in [0.4, 0.5) is 5.95 Å². The van der Waals surface area contributed by atoms with E-state index in [0.717, 1.165) is 0 Å². The lowest BCUT2D eigenvalue weighted by molar-refractivity contribution is 0.280. The molecule has 0 bridgehead atoms. The van der Waals surface area contributed by atoms with Crippen molar-refractivity contribution >= 4 is 5.95 Å². The maximum Gasteiger partial charge on any atom is 0.227 e. The molecule has 2 aromatic rings. The van der Waals surface area contributed by atoms with Gasteiger partial charge in [-0.2, -0.15) is 10.1 Å². The third-order valence-electron chi connectivity index (χ3n) is 2.30. The molecular weight excluding hydrogens is 236 g/mol. The zero-order chi connectivity index (χ0) is 12.8. The summed E-state index contributed by atoms with van der Waals surface area (Å²) < 4.78 is 1.52. The predicted molar refractivity (Wildman–Crippen MR) is 63.3 cm³/mol. The van der Waals surface area contributed by atoms with Gasteiger partial charge in [0.1, 0.15) is 12.7 Å². The van der Waals surface area contributed by atoms with Crippen LogP contribution in [-0.2, 0) is 0 Å². The van der Waals surface area contributed by atoms with Crippen LogP contribution in [-0.4, -0.2) is 61.2 Å². The number of nitrogens with zero attached hydrogens (tertiary/aromatic N) is 6. The highest BCUT2D eigenvalue weighted by Crippen LogP contribution is 2.09. The summed E-state index contributed by atoms with van der Waals surface area (Å²) in [6.45, 7) is 0.663. The first-order chi connectivity index (χ1) is 8.85. The van der Waals surface area contributed by atoms with E-state index in [-0.39, 0.29) is 13.2 Å². The van der Waals surface area contributed by atoms with E-state index in [1.54, 1.807) is 17.2 Å². The van der Waals surface area contributed by atoms with Crippen LogP contribution in [0.15, 0.2) is 24.9 Å². The first-order valence-electron chi connectivity index (χ1n) is 5.50. The Morgan fingerprint density at radius 3 is 2.61 bits per heavy atom. The van der Waals surface area contributed by atoms with E-state index in [2.05, 4.69) is 20.1 Å². The van der Waals surface area contributed by atoms with Gasteiger partial charge in [0, 0.05) is 25.4 Å². The summed E-state index contributed by atoms with van der Waals surface area (Å²) in [7, 11) is 0. The summed E-state index contributed by atoms with van der Waals surface area (Å²) in [5, 5.41) is 21.9. The molecule has 18 heavy (non-hydrogen) atoms. The Morgan fingerprint density at radius 2 is 2.00 bits per heavy atom. The first kappa shape index (κ1) is 12.4. The van der Waals surface area contributed by atoms with Gasteiger partial charge in [0.2, 0.25) is 5.95 Å². The van der Waals surface area contributed by atoms with Gasteiger partial charge in [-0.3, -0.25) is 0 Å². The minimum absolute atomic E-state index is 0.0308. The summed E-state index contributed by atoms with van der Waals surface area (Å²) in [5.41, 5.74) is 0. The lowest BCUT2D eigenvalue weighted by Crippen LogP contribution is -2.31. The monoisotopic (exact) mass is 250 g/mol. The van der Waals surface area contributed by atoms with Gasteiger partial charge in [-0.25, -0.2) is 14.6 Å². The highest BCUT2D eigenvalue weighted by atomic mass is 16.3. The number of hydrogen-bond acceptors (Lipinski definition) is 7. The van der Waals surface area contributed by atoms with Crippen molar-refractivity contribution in [3.05, 3.63) is 24.9 Å². The fourth-order valence-corrected chi connectivity index (χ4v) is 1.50. The Bertz CT molecular complexity index is 469. The standard InChI is InChI=1S/C10H14N6O2/c17-5-3-15(4-6-18)10-12-2-1-9(14-10)16-8-11-7-13-16/h1-2,7-8,17-18H,3-6H2. The Morgan fingerprint density at radius 1 is 1.22 bits per heavy atom. The molecule has 0 aliphatic rings. The van der Waals surface area contributed by atoms with Crippen molar-refractivity contribution in [1.29, 1.82) is 0 Å². The van der Waals surface area contributed by atoms with Crippen LogP contribution in [0.5, 0.6) is 0 Å². The lowest BCUT2D eigenvalue weighted by Gasteiger charge is -2.20. The van der Waals surface area contributed by atoms with Crippen molar-refractivity contribution < 1.29 is 10.2 Å². The molecule has 0 atom stereocenters. The largest absolute Gasteiger partial charge is 0.395 e. The van der Waals surface area contributed by atoms with Gasteiger partial charge in [0.05, 0.1) is 13.2 Å². The van der Waals surface area contributed by atoms with Gasteiger partial charge in [-0.1, -0.05) is 0 Å². The molecule has 0 saturated carbocycles. The number of aromatic nitrogens is 5. The van der Waals surface area contributed by atoms with E-state index in [9.17, 15) is 0 Å². The van der Waals surface area contributed by atoms with Crippen LogP contribution in [0.2, 0.25) is 0 Å². The van der Waals surface area contributed by atoms with Gasteiger partial charge < -0.3 is 15.1 Å². The molecule has 2 heterocycles. The van der Waals surface area contributed by atoms with Crippen molar-refractivity contribution in [2.45, 2.75) is 0 Å².